The molecule has 0 fully saturated rings. The lowest BCUT2D eigenvalue weighted by atomic mass is 9.83. The van der Waals surface area contributed by atoms with Gasteiger partial charge in [0.1, 0.15) is 0 Å². The largest absolute Gasteiger partial charge is 0.293 e. The van der Waals surface area contributed by atoms with E-state index in [0.717, 1.165) is 11.1 Å². The Bertz CT molecular complexity index is 1210. The third-order valence-corrected chi connectivity index (χ3v) is 5.69. The van der Waals surface area contributed by atoms with Crippen molar-refractivity contribution in [3.63, 3.8) is 0 Å². The van der Waals surface area contributed by atoms with Crippen molar-refractivity contribution in [3.8, 4) is 0 Å². The van der Waals surface area contributed by atoms with E-state index < -0.39 is 5.92 Å². The number of ketones is 1. The smallest absolute Gasteiger partial charge is 0.176 e. The van der Waals surface area contributed by atoms with Crippen molar-refractivity contribution in [1.29, 1.82) is 0 Å². The lowest BCUT2D eigenvalue weighted by molar-refractivity contribution is 0.0983. The topological polar surface area (TPSA) is 29.4 Å². The van der Waals surface area contributed by atoms with Crippen LogP contribution in [0, 0.1) is 0 Å². The highest BCUT2D eigenvalue weighted by Crippen LogP contribution is 2.31. The standard InChI is InChI=1S/C27H19Cl2NO/c28-23-17-16-22(18-24(23)29)30-26(20-12-6-2-7-13-20)25(19-10-4-1-5-11-19)27(31)21-14-8-3-9-15-21/h1-18,25H/b30-26+. The van der Waals surface area contributed by atoms with Crippen LogP contribution in [0.25, 0.3) is 0 Å². The van der Waals surface area contributed by atoms with Gasteiger partial charge in [0.2, 0.25) is 0 Å². The lowest BCUT2D eigenvalue weighted by Crippen LogP contribution is -2.23. The quantitative estimate of drug-likeness (QED) is 0.221. The van der Waals surface area contributed by atoms with Crippen molar-refractivity contribution in [2.75, 3.05) is 0 Å². The van der Waals surface area contributed by atoms with E-state index in [4.69, 9.17) is 28.2 Å². The van der Waals surface area contributed by atoms with Crippen LogP contribution in [-0.2, 0) is 0 Å². The molecule has 0 aromatic heterocycles. The van der Waals surface area contributed by atoms with Crippen LogP contribution < -0.4 is 0 Å². The molecule has 0 amide bonds. The van der Waals surface area contributed by atoms with E-state index in [1.807, 2.05) is 91.0 Å². The molecule has 0 saturated heterocycles. The highest BCUT2D eigenvalue weighted by Gasteiger charge is 2.28. The second-order valence-corrected chi connectivity index (χ2v) is 7.85. The van der Waals surface area contributed by atoms with Crippen LogP contribution in [0.4, 0.5) is 5.69 Å². The number of halogens is 2. The fourth-order valence-electron chi connectivity index (χ4n) is 3.45. The minimum absolute atomic E-state index is 0.0190. The van der Waals surface area contributed by atoms with Gasteiger partial charge in [-0.3, -0.25) is 9.79 Å². The molecule has 0 saturated carbocycles. The number of aliphatic imine (C=N–C) groups is 1. The summed E-state index contributed by atoms with van der Waals surface area (Å²) in [5.41, 5.74) is 3.66. The van der Waals surface area contributed by atoms with E-state index in [9.17, 15) is 4.79 Å². The summed E-state index contributed by atoms with van der Waals surface area (Å²) in [7, 11) is 0. The zero-order valence-corrected chi connectivity index (χ0v) is 18.1. The number of Topliss-reactive ketones (excluding diaryl/α,β-unsaturated/α-hetero) is 1. The fraction of sp³-hybridized carbons (Fsp3) is 0.0370. The number of carbonyl (C=O) groups is 1. The summed E-state index contributed by atoms with van der Waals surface area (Å²) in [4.78, 5) is 18.7. The SMILES string of the molecule is O=C(c1ccccc1)C(/C(=N/c1ccc(Cl)c(Cl)c1)c1ccccc1)c1ccccc1. The van der Waals surface area contributed by atoms with Crippen molar-refractivity contribution < 1.29 is 4.79 Å². The summed E-state index contributed by atoms with van der Waals surface area (Å²) >= 11 is 12.3. The lowest BCUT2D eigenvalue weighted by Gasteiger charge is -2.20. The second-order valence-electron chi connectivity index (χ2n) is 7.04. The molecule has 0 aliphatic rings. The van der Waals surface area contributed by atoms with Crippen molar-refractivity contribution in [2.24, 2.45) is 4.99 Å². The van der Waals surface area contributed by atoms with Crippen LogP contribution in [0.3, 0.4) is 0 Å². The monoisotopic (exact) mass is 443 g/mol. The van der Waals surface area contributed by atoms with E-state index in [-0.39, 0.29) is 5.78 Å². The maximum atomic E-state index is 13.7. The molecule has 152 valence electrons. The minimum atomic E-state index is -0.583. The number of hydrogen-bond donors (Lipinski definition) is 0. The fourth-order valence-corrected chi connectivity index (χ4v) is 3.74. The third kappa shape index (κ3) is 4.93. The van der Waals surface area contributed by atoms with Crippen LogP contribution in [0.5, 0.6) is 0 Å². The highest BCUT2D eigenvalue weighted by molar-refractivity contribution is 6.42. The van der Waals surface area contributed by atoms with Crippen LogP contribution in [0.1, 0.15) is 27.4 Å². The Morgan fingerprint density at radius 3 is 1.77 bits per heavy atom. The number of rotatable bonds is 6. The predicted octanol–water partition coefficient (Wildman–Crippen LogP) is 7.78. The number of benzene rings is 4. The first kappa shape index (κ1) is 21.0. The van der Waals surface area contributed by atoms with Gasteiger partial charge in [-0.1, -0.05) is 114 Å². The van der Waals surface area contributed by atoms with E-state index in [2.05, 4.69) is 0 Å². The van der Waals surface area contributed by atoms with Gasteiger partial charge in [-0.15, -0.1) is 0 Å². The van der Waals surface area contributed by atoms with Gasteiger partial charge in [0.25, 0.3) is 0 Å². The van der Waals surface area contributed by atoms with E-state index in [1.54, 1.807) is 18.2 Å². The minimum Gasteiger partial charge on any atom is -0.293 e. The van der Waals surface area contributed by atoms with Gasteiger partial charge in [0.15, 0.2) is 5.78 Å². The summed E-state index contributed by atoms with van der Waals surface area (Å²) in [5, 5.41) is 0.878. The number of hydrogen-bond acceptors (Lipinski definition) is 2. The summed E-state index contributed by atoms with van der Waals surface area (Å²) in [5.74, 6) is -0.602. The van der Waals surface area contributed by atoms with E-state index in [1.165, 1.54) is 0 Å². The Kier molecular flexibility index (Phi) is 6.61. The molecule has 31 heavy (non-hydrogen) atoms. The molecule has 4 heteroatoms. The Balaban J connectivity index is 1.93. The van der Waals surface area contributed by atoms with Crippen LogP contribution in [0.15, 0.2) is 114 Å². The van der Waals surface area contributed by atoms with Gasteiger partial charge in [-0.05, 0) is 29.3 Å². The molecule has 1 unspecified atom stereocenters. The van der Waals surface area contributed by atoms with Crippen LogP contribution in [0.2, 0.25) is 10.0 Å². The molecule has 1 atom stereocenters. The average molecular weight is 444 g/mol. The van der Waals surface area contributed by atoms with Gasteiger partial charge in [-0.25, -0.2) is 0 Å². The molecular formula is C27H19Cl2NO. The highest BCUT2D eigenvalue weighted by atomic mass is 35.5. The van der Waals surface area contributed by atoms with Gasteiger partial charge >= 0.3 is 0 Å². The van der Waals surface area contributed by atoms with Gasteiger partial charge in [0, 0.05) is 5.56 Å². The molecule has 2 nitrogen and oxygen atoms in total. The Morgan fingerprint density at radius 2 is 1.19 bits per heavy atom. The molecule has 0 N–H and O–H groups in total. The van der Waals surface area contributed by atoms with Crippen molar-refractivity contribution >= 4 is 40.4 Å². The second kappa shape index (κ2) is 9.74. The molecule has 4 aromatic rings. The normalized spacial score (nSPS) is 12.4. The van der Waals surface area contributed by atoms with Crippen LogP contribution >= 0.6 is 23.2 Å². The number of nitrogens with zero attached hydrogens (tertiary/aromatic N) is 1. The van der Waals surface area contributed by atoms with Gasteiger partial charge < -0.3 is 0 Å². The van der Waals surface area contributed by atoms with Crippen LogP contribution in [-0.4, -0.2) is 11.5 Å². The summed E-state index contributed by atoms with van der Waals surface area (Å²) in [6.45, 7) is 0. The summed E-state index contributed by atoms with van der Waals surface area (Å²) < 4.78 is 0. The first-order valence-electron chi connectivity index (χ1n) is 9.87. The Morgan fingerprint density at radius 1 is 0.645 bits per heavy atom. The first-order chi connectivity index (χ1) is 15.1. The third-order valence-electron chi connectivity index (χ3n) is 4.95. The molecule has 0 heterocycles. The Labute approximate surface area is 191 Å². The summed E-state index contributed by atoms with van der Waals surface area (Å²) in [6, 6.07) is 34.0. The zero-order chi connectivity index (χ0) is 21.6. The zero-order valence-electron chi connectivity index (χ0n) is 16.6. The maximum Gasteiger partial charge on any atom is 0.176 e. The molecule has 0 aliphatic heterocycles. The maximum absolute atomic E-state index is 13.7. The summed E-state index contributed by atoms with van der Waals surface area (Å²) in [6.07, 6.45) is 0. The van der Waals surface area contributed by atoms with Crippen molar-refractivity contribution in [1.82, 2.24) is 0 Å². The van der Waals surface area contributed by atoms with Gasteiger partial charge in [0.05, 0.1) is 27.4 Å². The molecule has 0 aliphatic carbocycles. The molecular weight excluding hydrogens is 425 g/mol. The first-order valence-corrected chi connectivity index (χ1v) is 10.6. The Hall–Kier alpha value is -3.20. The van der Waals surface area contributed by atoms with E-state index >= 15 is 0 Å². The molecule has 4 rings (SSSR count). The number of carbonyl (C=O) groups excluding carboxylic acids is 1. The molecule has 4 aromatic carbocycles. The van der Waals surface area contributed by atoms with Crippen molar-refractivity contribution in [2.45, 2.75) is 5.92 Å². The molecule has 0 bridgehead atoms. The average Bonchev–Trinajstić information content (AvgIpc) is 2.82. The molecule has 0 radical (unpaired) electrons. The van der Waals surface area contributed by atoms with Crippen molar-refractivity contribution in [3.05, 3.63) is 136 Å². The van der Waals surface area contributed by atoms with Gasteiger partial charge in [-0.2, -0.15) is 0 Å². The predicted molar refractivity (Wildman–Crippen MR) is 129 cm³/mol. The van der Waals surface area contributed by atoms with E-state index in [0.29, 0.717) is 27.0 Å². The molecule has 0 spiro atoms.